The molecular weight excluding hydrogens is 300 g/mol. The van der Waals surface area contributed by atoms with Gasteiger partial charge in [0.1, 0.15) is 13.2 Å². The van der Waals surface area contributed by atoms with Gasteiger partial charge in [0.05, 0.1) is 25.0 Å². The van der Waals surface area contributed by atoms with Crippen molar-refractivity contribution in [2.75, 3.05) is 40.6 Å². The van der Waals surface area contributed by atoms with Crippen LogP contribution in [0.1, 0.15) is 6.42 Å². The second kappa shape index (κ2) is 10.2. The SMILES string of the molecule is C=C[C@@H]1C[C@H](C=C)[C@H](C(=O)OCCOC)[C@@H]1C(=O)OCCOC. The van der Waals surface area contributed by atoms with Crippen LogP contribution >= 0.6 is 0 Å². The van der Waals surface area contributed by atoms with Crippen LogP contribution in [0.5, 0.6) is 0 Å². The normalized spacial score (nSPS) is 26.5. The number of hydrogen-bond acceptors (Lipinski definition) is 6. The van der Waals surface area contributed by atoms with E-state index in [2.05, 4.69) is 13.2 Å². The van der Waals surface area contributed by atoms with E-state index in [-0.39, 0.29) is 25.0 Å². The van der Waals surface area contributed by atoms with Crippen molar-refractivity contribution in [1.29, 1.82) is 0 Å². The molecule has 4 atom stereocenters. The number of hydrogen-bond donors (Lipinski definition) is 0. The lowest BCUT2D eigenvalue weighted by Gasteiger charge is -2.22. The first-order valence-corrected chi connectivity index (χ1v) is 7.66. The van der Waals surface area contributed by atoms with E-state index < -0.39 is 23.8 Å². The lowest BCUT2D eigenvalue weighted by molar-refractivity contribution is -0.162. The summed E-state index contributed by atoms with van der Waals surface area (Å²) < 4.78 is 20.2. The molecule has 0 N–H and O–H groups in total. The fourth-order valence-corrected chi connectivity index (χ4v) is 2.91. The quantitative estimate of drug-likeness (QED) is 0.345. The van der Waals surface area contributed by atoms with Gasteiger partial charge in [0.2, 0.25) is 0 Å². The average Bonchev–Trinajstić information content (AvgIpc) is 2.94. The molecular formula is C17H26O6. The minimum absolute atomic E-state index is 0.145. The second-order valence-electron chi connectivity index (χ2n) is 5.41. The van der Waals surface area contributed by atoms with Crippen LogP contribution in [0.3, 0.4) is 0 Å². The van der Waals surface area contributed by atoms with Crippen LogP contribution in [-0.2, 0) is 28.5 Å². The molecule has 0 heterocycles. The Hall–Kier alpha value is -1.66. The molecule has 0 bridgehead atoms. The number of ether oxygens (including phenoxy) is 4. The van der Waals surface area contributed by atoms with E-state index in [1.807, 2.05) is 0 Å². The van der Waals surface area contributed by atoms with Gasteiger partial charge < -0.3 is 18.9 Å². The third-order valence-electron chi connectivity index (χ3n) is 4.07. The van der Waals surface area contributed by atoms with Gasteiger partial charge in [-0.15, -0.1) is 13.2 Å². The van der Waals surface area contributed by atoms with E-state index in [1.165, 1.54) is 14.2 Å². The minimum Gasteiger partial charge on any atom is -0.463 e. The number of carbonyl (C=O) groups excluding carboxylic acids is 2. The molecule has 0 unspecified atom stereocenters. The highest BCUT2D eigenvalue weighted by Crippen LogP contribution is 2.44. The molecule has 1 fully saturated rings. The molecule has 1 aliphatic carbocycles. The summed E-state index contributed by atoms with van der Waals surface area (Å²) in [6.45, 7) is 8.47. The Labute approximate surface area is 137 Å². The number of esters is 2. The summed E-state index contributed by atoms with van der Waals surface area (Å²) in [4.78, 5) is 24.8. The molecule has 0 radical (unpaired) electrons. The summed E-state index contributed by atoms with van der Waals surface area (Å²) in [5.41, 5.74) is 0. The summed E-state index contributed by atoms with van der Waals surface area (Å²) in [5.74, 6) is -2.36. The van der Waals surface area contributed by atoms with Gasteiger partial charge in [-0.25, -0.2) is 0 Å². The zero-order chi connectivity index (χ0) is 17.2. The predicted molar refractivity (Wildman–Crippen MR) is 84.6 cm³/mol. The molecule has 0 amide bonds. The maximum Gasteiger partial charge on any atom is 0.310 e. The lowest BCUT2D eigenvalue weighted by atomic mass is 9.87. The smallest absolute Gasteiger partial charge is 0.310 e. The van der Waals surface area contributed by atoms with Crippen molar-refractivity contribution in [3.8, 4) is 0 Å². The Morgan fingerprint density at radius 2 is 1.26 bits per heavy atom. The summed E-state index contributed by atoms with van der Waals surface area (Å²) in [7, 11) is 3.05. The fraction of sp³-hybridized carbons (Fsp3) is 0.647. The topological polar surface area (TPSA) is 71.1 Å². The van der Waals surface area contributed by atoms with Crippen molar-refractivity contribution in [3.63, 3.8) is 0 Å². The molecule has 0 aromatic carbocycles. The van der Waals surface area contributed by atoms with E-state index in [9.17, 15) is 9.59 Å². The van der Waals surface area contributed by atoms with E-state index in [4.69, 9.17) is 18.9 Å². The maximum absolute atomic E-state index is 12.4. The summed E-state index contributed by atoms with van der Waals surface area (Å²) >= 11 is 0. The standard InChI is InChI=1S/C17H26O6/c1-5-12-11-13(6-2)15(17(19)23-10-8-21-4)14(12)16(18)22-9-7-20-3/h5-6,12-15H,1-2,7-11H2,3-4H3/t12-,13+,14-,15+. The Kier molecular flexibility index (Phi) is 8.58. The Morgan fingerprint density at radius 1 is 0.870 bits per heavy atom. The highest BCUT2D eigenvalue weighted by atomic mass is 16.6. The predicted octanol–water partition coefficient (Wildman–Crippen LogP) is 1.61. The Balaban J connectivity index is 2.85. The van der Waals surface area contributed by atoms with E-state index >= 15 is 0 Å². The van der Waals surface area contributed by atoms with Crippen molar-refractivity contribution in [2.45, 2.75) is 6.42 Å². The zero-order valence-corrected chi connectivity index (χ0v) is 13.9. The molecule has 0 aromatic rings. The first-order valence-electron chi connectivity index (χ1n) is 7.66. The van der Waals surface area contributed by atoms with Gasteiger partial charge in [-0.05, 0) is 18.3 Å². The zero-order valence-electron chi connectivity index (χ0n) is 13.9. The number of allylic oxidation sites excluding steroid dienone is 2. The fourth-order valence-electron chi connectivity index (χ4n) is 2.91. The van der Waals surface area contributed by atoms with Crippen molar-refractivity contribution in [2.24, 2.45) is 23.7 Å². The molecule has 0 aliphatic heterocycles. The van der Waals surface area contributed by atoms with Crippen molar-refractivity contribution < 1.29 is 28.5 Å². The van der Waals surface area contributed by atoms with Crippen LogP contribution in [0, 0.1) is 23.7 Å². The molecule has 130 valence electrons. The Bertz CT molecular complexity index is 381. The van der Waals surface area contributed by atoms with Crippen LogP contribution in [0.15, 0.2) is 25.3 Å². The summed E-state index contributed by atoms with van der Waals surface area (Å²) in [6.07, 6.45) is 4.02. The average molecular weight is 326 g/mol. The summed E-state index contributed by atoms with van der Waals surface area (Å²) in [5, 5.41) is 0. The highest BCUT2D eigenvalue weighted by molar-refractivity contribution is 5.84. The molecule has 1 rings (SSSR count). The number of methoxy groups -OCH3 is 2. The maximum atomic E-state index is 12.4. The third-order valence-corrected chi connectivity index (χ3v) is 4.07. The van der Waals surface area contributed by atoms with E-state index in [0.29, 0.717) is 19.6 Å². The molecule has 1 aliphatic rings. The minimum atomic E-state index is -0.609. The van der Waals surface area contributed by atoms with Crippen LogP contribution < -0.4 is 0 Å². The van der Waals surface area contributed by atoms with Crippen molar-refractivity contribution in [3.05, 3.63) is 25.3 Å². The Morgan fingerprint density at radius 3 is 1.57 bits per heavy atom. The monoisotopic (exact) mass is 326 g/mol. The number of rotatable bonds is 10. The molecule has 0 spiro atoms. The first-order chi connectivity index (χ1) is 11.1. The largest absolute Gasteiger partial charge is 0.463 e. The van der Waals surface area contributed by atoms with E-state index in [0.717, 1.165) is 0 Å². The summed E-state index contributed by atoms with van der Waals surface area (Å²) in [6, 6.07) is 0. The van der Waals surface area contributed by atoms with Crippen molar-refractivity contribution >= 4 is 11.9 Å². The number of carbonyl (C=O) groups is 2. The van der Waals surface area contributed by atoms with Gasteiger partial charge in [-0.2, -0.15) is 0 Å². The van der Waals surface area contributed by atoms with Crippen molar-refractivity contribution in [1.82, 2.24) is 0 Å². The third kappa shape index (κ3) is 5.18. The van der Waals surface area contributed by atoms with Gasteiger partial charge in [-0.3, -0.25) is 9.59 Å². The van der Waals surface area contributed by atoms with Crippen LogP contribution in [0.2, 0.25) is 0 Å². The van der Waals surface area contributed by atoms with Gasteiger partial charge in [-0.1, -0.05) is 12.2 Å². The van der Waals surface area contributed by atoms with Gasteiger partial charge in [0, 0.05) is 14.2 Å². The molecule has 6 heteroatoms. The van der Waals surface area contributed by atoms with Gasteiger partial charge >= 0.3 is 11.9 Å². The molecule has 23 heavy (non-hydrogen) atoms. The van der Waals surface area contributed by atoms with E-state index in [1.54, 1.807) is 12.2 Å². The van der Waals surface area contributed by atoms with Crippen LogP contribution in [0.25, 0.3) is 0 Å². The molecule has 1 saturated carbocycles. The second-order valence-corrected chi connectivity index (χ2v) is 5.41. The first kappa shape index (κ1) is 19.4. The van der Waals surface area contributed by atoms with Crippen LogP contribution in [-0.4, -0.2) is 52.6 Å². The molecule has 6 nitrogen and oxygen atoms in total. The van der Waals surface area contributed by atoms with Gasteiger partial charge in [0.15, 0.2) is 0 Å². The highest BCUT2D eigenvalue weighted by Gasteiger charge is 2.50. The van der Waals surface area contributed by atoms with Gasteiger partial charge in [0.25, 0.3) is 0 Å². The lowest BCUT2D eigenvalue weighted by Crippen LogP contribution is -2.34. The molecule has 0 saturated heterocycles. The van der Waals surface area contributed by atoms with Crippen LogP contribution in [0.4, 0.5) is 0 Å². The molecule has 0 aromatic heterocycles.